The van der Waals surface area contributed by atoms with Crippen LogP contribution in [0.1, 0.15) is 26.8 Å². The standard InChI is InChI=1S/C23H21N3O5S2/c1-25(2)33(30,31)17-9-7-16(8-10-17)21(27)19-20(18-6-4-12-32-18)26(23(29)22(19)28)14-15-5-3-11-24-13-15/h3-13,19-20H,14H2,1-2H3. The van der Waals surface area contributed by atoms with E-state index in [2.05, 4.69) is 4.98 Å². The summed E-state index contributed by atoms with van der Waals surface area (Å²) in [7, 11) is -0.826. The van der Waals surface area contributed by atoms with Crippen molar-refractivity contribution in [2.24, 2.45) is 5.92 Å². The Morgan fingerprint density at radius 3 is 2.39 bits per heavy atom. The first-order valence-electron chi connectivity index (χ1n) is 10.1. The lowest BCUT2D eigenvalue weighted by molar-refractivity contribution is -0.141. The van der Waals surface area contributed by atoms with Crippen molar-refractivity contribution >= 4 is 38.8 Å². The molecule has 1 fully saturated rings. The van der Waals surface area contributed by atoms with Crippen molar-refractivity contribution in [3.05, 3.63) is 82.3 Å². The monoisotopic (exact) mass is 483 g/mol. The molecular formula is C23H21N3O5S2. The lowest BCUT2D eigenvalue weighted by Crippen LogP contribution is -2.29. The number of thiophene rings is 1. The van der Waals surface area contributed by atoms with Gasteiger partial charge in [-0.3, -0.25) is 19.4 Å². The lowest BCUT2D eigenvalue weighted by atomic mass is 9.89. The van der Waals surface area contributed by atoms with Crippen LogP contribution in [-0.2, 0) is 26.2 Å². The van der Waals surface area contributed by atoms with Crippen LogP contribution in [0.5, 0.6) is 0 Å². The Morgan fingerprint density at radius 1 is 1.09 bits per heavy atom. The number of amides is 1. The Kier molecular flexibility index (Phi) is 6.24. The first-order chi connectivity index (χ1) is 15.7. The van der Waals surface area contributed by atoms with Gasteiger partial charge in [0.05, 0.1) is 10.9 Å². The molecule has 0 saturated carbocycles. The third-order valence-corrected chi connectivity index (χ3v) is 8.29. The molecule has 2 unspecified atom stereocenters. The maximum atomic E-state index is 13.4. The van der Waals surface area contributed by atoms with E-state index in [-0.39, 0.29) is 17.0 Å². The van der Waals surface area contributed by atoms with Crippen molar-refractivity contribution in [3.8, 4) is 0 Å². The number of benzene rings is 1. The minimum Gasteiger partial charge on any atom is -0.323 e. The van der Waals surface area contributed by atoms with Crippen LogP contribution >= 0.6 is 11.3 Å². The maximum absolute atomic E-state index is 13.4. The summed E-state index contributed by atoms with van der Waals surface area (Å²) in [6.07, 6.45) is 3.23. The highest BCUT2D eigenvalue weighted by Crippen LogP contribution is 2.41. The zero-order chi connectivity index (χ0) is 23.8. The average molecular weight is 484 g/mol. The lowest BCUT2D eigenvalue weighted by Gasteiger charge is -2.26. The molecule has 3 heterocycles. The highest BCUT2D eigenvalue weighted by molar-refractivity contribution is 7.89. The van der Waals surface area contributed by atoms with Gasteiger partial charge in [-0.25, -0.2) is 12.7 Å². The van der Waals surface area contributed by atoms with Crippen LogP contribution in [0.4, 0.5) is 0 Å². The Balaban J connectivity index is 1.70. The summed E-state index contributed by atoms with van der Waals surface area (Å²) in [5.74, 6) is -3.23. The summed E-state index contributed by atoms with van der Waals surface area (Å²) < 4.78 is 25.7. The zero-order valence-electron chi connectivity index (χ0n) is 17.9. The van der Waals surface area contributed by atoms with Crippen LogP contribution in [0.2, 0.25) is 0 Å². The van der Waals surface area contributed by atoms with E-state index < -0.39 is 39.5 Å². The topological polar surface area (TPSA) is 105 Å². The summed E-state index contributed by atoms with van der Waals surface area (Å²) in [5, 5.41) is 1.83. The normalized spacial score (nSPS) is 18.8. The second-order valence-corrected chi connectivity index (χ2v) is 10.9. The molecule has 8 nitrogen and oxygen atoms in total. The van der Waals surface area contributed by atoms with Gasteiger partial charge in [0.2, 0.25) is 15.8 Å². The van der Waals surface area contributed by atoms with Gasteiger partial charge in [0, 0.05) is 43.5 Å². The fourth-order valence-electron chi connectivity index (χ4n) is 3.80. The number of sulfonamides is 1. The van der Waals surface area contributed by atoms with E-state index in [0.717, 1.165) is 14.7 Å². The van der Waals surface area contributed by atoms with Crippen LogP contribution in [0.25, 0.3) is 0 Å². The van der Waals surface area contributed by atoms with Gasteiger partial charge in [-0.15, -0.1) is 11.3 Å². The average Bonchev–Trinajstić information content (AvgIpc) is 3.42. The van der Waals surface area contributed by atoms with E-state index >= 15 is 0 Å². The molecule has 2 atom stereocenters. The van der Waals surface area contributed by atoms with Gasteiger partial charge in [-0.1, -0.05) is 24.3 Å². The van der Waals surface area contributed by atoms with Gasteiger partial charge in [-0.05, 0) is 35.2 Å². The minimum absolute atomic E-state index is 0.0332. The number of hydrogen-bond donors (Lipinski definition) is 0. The Bertz CT molecular complexity index is 1290. The molecule has 2 aromatic heterocycles. The molecule has 0 spiro atoms. The molecule has 1 saturated heterocycles. The smallest absolute Gasteiger partial charge is 0.291 e. The molecule has 4 rings (SSSR count). The quantitative estimate of drug-likeness (QED) is 0.291. The zero-order valence-corrected chi connectivity index (χ0v) is 19.5. The number of rotatable bonds is 7. The maximum Gasteiger partial charge on any atom is 0.291 e. The van der Waals surface area contributed by atoms with Crippen LogP contribution in [0.15, 0.2) is 71.2 Å². The van der Waals surface area contributed by atoms with Crippen LogP contribution in [-0.4, -0.2) is 54.2 Å². The van der Waals surface area contributed by atoms with E-state index in [0.29, 0.717) is 0 Å². The number of carbonyl (C=O) groups excluding carboxylic acids is 3. The molecule has 10 heteroatoms. The van der Waals surface area contributed by atoms with Gasteiger partial charge < -0.3 is 4.90 Å². The molecule has 1 aliphatic heterocycles. The summed E-state index contributed by atoms with van der Waals surface area (Å²) in [5.41, 5.74) is 0.912. The first kappa shape index (κ1) is 23.0. The van der Waals surface area contributed by atoms with Crippen molar-refractivity contribution < 1.29 is 22.8 Å². The van der Waals surface area contributed by atoms with E-state index in [4.69, 9.17) is 0 Å². The molecule has 1 aliphatic rings. The summed E-state index contributed by atoms with van der Waals surface area (Å²) in [6.45, 7) is 0.144. The predicted molar refractivity (Wildman–Crippen MR) is 122 cm³/mol. The van der Waals surface area contributed by atoms with E-state index in [9.17, 15) is 22.8 Å². The molecule has 0 radical (unpaired) electrons. The molecule has 1 aromatic carbocycles. The van der Waals surface area contributed by atoms with E-state index in [1.165, 1.54) is 54.6 Å². The highest BCUT2D eigenvalue weighted by Gasteiger charge is 2.52. The summed E-state index contributed by atoms with van der Waals surface area (Å²) >= 11 is 1.37. The number of aromatic nitrogens is 1. The molecule has 1 amide bonds. The summed E-state index contributed by atoms with van der Waals surface area (Å²) in [4.78, 5) is 45.6. The van der Waals surface area contributed by atoms with Crippen LogP contribution in [0.3, 0.4) is 0 Å². The van der Waals surface area contributed by atoms with Gasteiger partial charge in [0.1, 0.15) is 5.92 Å². The first-order valence-corrected chi connectivity index (χ1v) is 12.4. The van der Waals surface area contributed by atoms with Gasteiger partial charge in [0.25, 0.3) is 5.91 Å². The van der Waals surface area contributed by atoms with E-state index in [1.54, 1.807) is 36.7 Å². The van der Waals surface area contributed by atoms with Gasteiger partial charge in [0.15, 0.2) is 5.78 Å². The number of Topliss-reactive ketones (excluding diaryl/α,β-unsaturated/α-hetero) is 2. The fraction of sp³-hybridized carbons (Fsp3) is 0.217. The molecule has 33 heavy (non-hydrogen) atoms. The number of likely N-dealkylation sites (tertiary alicyclic amines) is 1. The third kappa shape index (κ3) is 4.24. The number of hydrogen-bond acceptors (Lipinski definition) is 7. The van der Waals surface area contributed by atoms with Crippen molar-refractivity contribution in [2.75, 3.05) is 14.1 Å². The minimum atomic E-state index is -3.66. The Hall–Kier alpha value is -3.21. The predicted octanol–water partition coefficient (Wildman–Crippen LogP) is 2.55. The van der Waals surface area contributed by atoms with Crippen molar-refractivity contribution in [2.45, 2.75) is 17.5 Å². The van der Waals surface area contributed by atoms with Crippen molar-refractivity contribution in [1.29, 1.82) is 0 Å². The van der Waals surface area contributed by atoms with Crippen molar-refractivity contribution in [1.82, 2.24) is 14.2 Å². The second-order valence-electron chi connectivity index (χ2n) is 7.77. The largest absolute Gasteiger partial charge is 0.323 e. The molecule has 3 aromatic rings. The fourth-order valence-corrected chi connectivity index (χ4v) is 5.58. The molecular weight excluding hydrogens is 462 g/mol. The van der Waals surface area contributed by atoms with Gasteiger partial charge >= 0.3 is 0 Å². The second kappa shape index (κ2) is 8.97. The molecule has 170 valence electrons. The van der Waals surface area contributed by atoms with Crippen molar-refractivity contribution in [3.63, 3.8) is 0 Å². The molecule has 0 bridgehead atoms. The highest BCUT2D eigenvalue weighted by atomic mass is 32.2. The SMILES string of the molecule is CN(C)S(=O)(=O)c1ccc(C(=O)C2C(=O)C(=O)N(Cc3cccnc3)C2c2cccs2)cc1. The van der Waals surface area contributed by atoms with Crippen LogP contribution < -0.4 is 0 Å². The molecule has 0 N–H and O–H groups in total. The Morgan fingerprint density at radius 2 is 1.82 bits per heavy atom. The Labute approximate surface area is 195 Å². The third-order valence-electron chi connectivity index (χ3n) is 5.52. The van der Waals surface area contributed by atoms with E-state index in [1.807, 2.05) is 5.38 Å². The molecule has 0 aliphatic carbocycles. The van der Waals surface area contributed by atoms with Gasteiger partial charge in [-0.2, -0.15) is 0 Å². The number of ketones is 2. The number of nitrogens with zero attached hydrogens (tertiary/aromatic N) is 3. The van der Waals surface area contributed by atoms with Crippen LogP contribution in [0, 0.1) is 5.92 Å². The number of pyridine rings is 1. The summed E-state index contributed by atoms with van der Waals surface area (Å²) in [6, 6.07) is 11.8. The number of carbonyl (C=O) groups is 3.